The molecule has 322 valence electrons. The molecule has 0 saturated carbocycles. The van der Waals surface area contributed by atoms with Gasteiger partial charge >= 0.3 is 0 Å². The minimum Gasteiger partial charge on any atom is -0.309 e. The maximum Gasteiger partial charge on any atom is 0.0640 e. The molecule has 2 aromatic heterocycles. The molecule has 2 heterocycles. The fourth-order valence-electron chi connectivity index (χ4n) is 10.9. The van der Waals surface area contributed by atoms with E-state index < -0.39 is 0 Å². The van der Waals surface area contributed by atoms with E-state index in [-0.39, 0.29) is 0 Å². The Labute approximate surface area is 403 Å². The van der Waals surface area contributed by atoms with E-state index in [0.29, 0.717) is 0 Å². The highest BCUT2D eigenvalue weighted by Gasteiger charge is 2.21. The van der Waals surface area contributed by atoms with E-state index in [1.165, 1.54) is 113 Å². The van der Waals surface area contributed by atoms with E-state index in [4.69, 9.17) is 0 Å². The molecule has 0 bridgehead atoms. The van der Waals surface area contributed by atoms with Crippen LogP contribution in [0.1, 0.15) is 0 Å². The zero-order chi connectivity index (χ0) is 45.4. The summed E-state index contributed by atoms with van der Waals surface area (Å²) < 4.78 is 4.99. The smallest absolute Gasteiger partial charge is 0.0640 e. The standard InChI is InChI=1S/C66H42N2S/c1-3-14-43(15-4-1)45-26-34-50(35-27-45)68-62-38-30-47(44-16-5-2-6-17-44)40-60(62)61-41-48(31-39-63(61)68)46-28-32-49(33-29-46)67(64-24-13-23-58-57-22-11-12-25-65(57)69-66(58)64)51-36-37-56-54-20-8-7-18-52(54)53-19-9-10-21-55(53)59(56)42-51/h1-42H. The summed E-state index contributed by atoms with van der Waals surface area (Å²) in [6.07, 6.45) is 0. The van der Waals surface area contributed by atoms with Gasteiger partial charge in [0, 0.05) is 43.3 Å². The van der Waals surface area contributed by atoms with Crippen LogP contribution in [-0.2, 0) is 0 Å². The van der Waals surface area contributed by atoms with Crippen molar-refractivity contribution in [1.82, 2.24) is 4.57 Å². The molecule has 0 fully saturated rings. The van der Waals surface area contributed by atoms with Crippen LogP contribution in [0.4, 0.5) is 17.1 Å². The summed E-state index contributed by atoms with van der Waals surface area (Å²) in [5.41, 5.74) is 14.1. The normalized spacial score (nSPS) is 11.8. The molecule has 0 unspecified atom stereocenters. The number of fused-ring (bicyclic) bond motifs is 12. The zero-order valence-electron chi connectivity index (χ0n) is 37.6. The third kappa shape index (κ3) is 6.47. The van der Waals surface area contributed by atoms with Gasteiger partial charge in [-0.1, -0.05) is 182 Å². The van der Waals surface area contributed by atoms with E-state index in [1.807, 2.05) is 11.3 Å². The molecule has 0 atom stereocenters. The predicted molar refractivity (Wildman–Crippen MR) is 297 cm³/mol. The summed E-state index contributed by atoms with van der Waals surface area (Å²) in [4.78, 5) is 2.47. The van der Waals surface area contributed by atoms with Crippen molar-refractivity contribution in [2.24, 2.45) is 0 Å². The minimum atomic E-state index is 1.11. The molecule has 3 heteroatoms. The lowest BCUT2D eigenvalue weighted by Crippen LogP contribution is -2.10. The summed E-state index contributed by atoms with van der Waals surface area (Å²) in [6, 6.07) is 93.7. The number of thiophene rings is 1. The molecule has 2 nitrogen and oxygen atoms in total. The van der Waals surface area contributed by atoms with Crippen molar-refractivity contribution < 1.29 is 0 Å². The second-order valence-corrected chi connectivity index (χ2v) is 19.1. The SMILES string of the molecule is c1ccc(-c2ccc(-n3c4ccc(-c5ccccc5)cc4c4cc(-c5ccc(N(c6ccc7c8ccccc8c8ccccc8c7c6)c6cccc7c6sc6ccccc67)cc5)ccc43)cc2)cc1. The molecule has 0 radical (unpaired) electrons. The lowest BCUT2D eigenvalue weighted by Gasteiger charge is -2.27. The number of benzene rings is 12. The molecule has 12 aromatic carbocycles. The number of hydrogen-bond donors (Lipinski definition) is 0. The highest BCUT2D eigenvalue weighted by atomic mass is 32.1. The van der Waals surface area contributed by atoms with Crippen molar-refractivity contribution in [3.05, 3.63) is 255 Å². The van der Waals surface area contributed by atoms with Gasteiger partial charge in [0.2, 0.25) is 0 Å². The molecule has 0 aliphatic rings. The molecule has 14 rings (SSSR count). The molecule has 0 saturated heterocycles. The number of nitrogens with zero attached hydrogens (tertiary/aromatic N) is 2. The quantitative estimate of drug-likeness (QED) is 0.145. The van der Waals surface area contributed by atoms with Crippen LogP contribution in [0.15, 0.2) is 255 Å². The number of rotatable bonds is 7. The van der Waals surface area contributed by atoms with Crippen LogP contribution in [0.25, 0.3) is 113 Å². The second kappa shape index (κ2) is 16.0. The molecule has 0 aliphatic carbocycles. The topological polar surface area (TPSA) is 8.17 Å². The van der Waals surface area contributed by atoms with Gasteiger partial charge in [0.05, 0.1) is 21.4 Å². The Bertz CT molecular complexity index is 4240. The average molecular weight is 895 g/mol. The summed E-state index contributed by atoms with van der Waals surface area (Å²) in [5, 5.41) is 12.6. The molecule has 69 heavy (non-hydrogen) atoms. The Hall–Kier alpha value is -8.76. The molecular formula is C66H42N2S. The van der Waals surface area contributed by atoms with Crippen LogP contribution in [0, 0.1) is 0 Å². The second-order valence-electron chi connectivity index (χ2n) is 18.0. The maximum atomic E-state index is 2.47. The van der Waals surface area contributed by atoms with Gasteiger partial charge in [-0.2, -0.15) is 0 Å². The van der Waals surface area contributed by atoms with Gasteiger partial charge in [0.15, 0.2) is 0 Å². The van der Waals surface area contributed by atoms with Crippen LogP contribution in [0.2, 0.25) is 0 Å². The monoisotopic (exact) mass is 894 g/mol. The van der Waals surface area contributed by atoms with E-state index in [0.717, 1.165) is 17.1 Å². The zero-order valence-corrected chi connectivity index (χ0v) is 38.4. The Kier molecular flexibility index (Phi) is 9.11. The summed E-state index contributed by atoms with van der Waals surface area (Å²) >= 11 is 1.87. The van der Waals surface area contributed by atoms with Gasteiger partial charge in [0.25, 0.3) is 0 Å². The molecule has 0 N–H and O–H groups in total. The van der Waals surface area contributed by atoms with Crippen molar-refractivity contribution in [3.63, 3.8) is 0 Å². The number of anilines is 3. The van der Waals surface area contributed by atoms with Crippen molar-refractivity contribution >= 4 is 103 Å². The Morgan fingerprint density at radius 2 is 0.725 bits per heavy atom. The molecule has 0 spiro atoms. The Morgan fingerprint density at radius 3 is 1.35 bits per heavy atom. The van der Waals surface area contributed by atoms with Crippen LogP contribution in [0.5, 0.6) is 0 Å². The largest absolute Gasteiger partial charge is 0.309 e. The highest BCUT2D eigenvalue weighted by molar-refractivity contribution is 7.26. The fourth-order valence-corrected chi connectivity index (χ4v) is 12.1. The van der Waals surface area contributed by atoms with Crippen LogP contribution >= 0.6 is 11.3 Å². The minimum absolute atomic E-state index is 1.11. The van der Waals surface area contributed by atoms with E-state index >= 15 is 0 Å². The Morgan fingerprint density at radius 1 is 0.275 bits per heavy atom. The third-order valence-corrected chi connectivity index (χ3v) is 15.4. The van der Waals surface area contributed by atoms with Gasteiger partial charge < -0.3 is 9.47 Å². The van der Waals surface area contributed by atoms with Crippen LogP contribution in [-0.4, -0.2) is 4.57 Å². The fraction of sp³-hybridized carbons (Fsp3) is 0. The van der Waals surface area contributed by atoms with Gasteiger partial charge in [0.1, 0.15) is 0 Å². The highest BCUT2D eigenvalue weighted by Crippen LogP contribution is 2.47. The first-order valence-corrected chi connectivity index (χ1v) is 24.5. The van der Waals surface area contributed by atoms with Crippen LogP contribution < -0.4 is 4.90 Å². The maximum absolute atomic E-state index is 2.47. The predicted octanol–water partition coefficient (Wildman–Crippen LogP) is 19.1. The first-order valence-electron chi connectivity index (χ1n) is 23.7. The van der Waals surface area contributed by atoms with E-state index in [2.05, 4.69) is 264 Å². The van der Waals surface area contributed by atoms with Gasteiger partial charge in [-0.05, 0) is 138 Å². The van der Waals surface area contributed by atoms with Gasteiger partial charge in [-0.15, -0.1) is 11.3 Å². The van der Waals surface area contributed by atoms with Crippen molar-refractivity contribution in [2.75, 3.05) is 4.90 Å². The third-order valence-electron chi connectivity index (χ3n) is 14.2. The lowest BCUT2D eigenvalue weighted by atomic mass is 9.94. The summed E-state index contributed by atoms with van der Waals surface area (Å²) in [5.74, 6) is 0. The Balaban J connectivity index is 0.925. The van der Waals surface area contributed by atoms with Gasteiger partial charge in [-0.3, -0.25) is 0 Å². The molecular weight excluding hydrogens is 853 g/mol. The van der Waals surface area contributed by atoms with E-state index in [9.17, 15) is 0 Å². The summed E-state index contributed by atoms with van der Waals surface area (Å²) in [7, 11) is 0. The van der Waals surface area contributed by atoms with Crippen molar-refractivity contribution in [2.45, 2.75) is 0 Å². The number of hydrogen-bond acceptors (Lipinski definition) is 2. The molecule has 0 amide bonds. The van der Waals surface area contributed by atoms with Crippen LogP contribution in [0.3, 0.4) is 0 Å². The number of aromatic nitrogens is 1. The lowest BCUT2D eigenvalue weighted by molar-refractivity contribution is 1.18. The first-order chi connectivity index (χ1) is 34.2. The summed E-state index contributed by atoms with van der Waals surface area (Å²) in [6.45, 7) is 0. The molecule has 14 aromatic rings. The first kappa shape index (κ1) is 39.4. The van der Waals surface area contributed by atoms with Crippen molar-refractivity contribution in [1.29, 1.82) is 0 Å². The van der Waals surface area contributed by atoms with E-state index in [1.54, 1.807) is 0 Å². The molecule has 0 aliphatic heterocycles. The van der Waals surface area contributed by atoms with Gasteiger partial charge in [-0.25, -0.2) is 0 Å². The van der Waals surface area contributed by atoms with Crippen molar-refractivity contribution in [3.8, 4) is 39.1 Å². The average Bonchev–Trinajstić information content (AvgIpc) is 3.97.